The number of carbonyl (C=O) groups excluding carboxylic acids is 2. The van der Waals surface area contributed by atoms with Crippen LogP contribution in [0.15, 0.2) is 29.3 Å². The monoisotopic (exact) mass is 438 g/mol. The summed E-state index contributed by atoms with van der Waals surface area (Å²) in [6.45, 7) is 2.26. The fourth-order valence-electron chi connectivity index (χ4n) is 2.38. The maximum Gasteiger partial charge on any atom is 0.338 e. The molecule has 0 atom stereocenters. The van der Waals surface area contributed by atoms with Crippen molar-refractivity contribution in [2.45, 2.75) is 13.5 Å². The summed E-state index contributed by atoms with van der Waals surface area (Å²) in [7, 11) is 0. The molecular formula is C18H12Cl2N2O3S2. The highest BCUT2D eigenvalue weighted by Crippen LogP contribution is 2.31. The topological polar surface area (TPSA) is 60.7 Å². The van der Waals surface area contributed by atoms with Crippen molar-refractivity contribution < 1.29 is 14.3 Å². The van der Waals surface area contributed by atoms with Gasteiger partial charge in [-0.3, -0.25) is 4.79 Å². The van der Waals surface area contributed by atoms with Gasteiger partial charge in [0.1, 0.15) is 4.34 Å². The predicted octanol–water partition coefficient (Wildman–Crippen LogP) is 4.62. The molecule has 0 unspecified atom stereocenters. The van der Waals surface area contributed by atoms with E-state index in [1.165, 1.54) is 17.4 Å². The Balaban J connectivity index is 2.12. The molecule has 0 saturated heterocycles. The third-order valence-electron chi connectivity index (χ3n) is 3.53. The Bertz CT molecular complexity index is 1150. The van der Waals surface area contributed by atoms with Gasteiger partial charge in [0.15, 0.2) is 4.80 Å². The normalized spacial score (nSPS) is 11.6. The minimum Gasteiger partial charge on any atom is -0.462 e. The van der Waals surface area contributed by atoms with E-state index in [0.717, 1.165) is 21.6 Å². The van der Waals surface area contributed by atoms with Gasteiger partial charge in [-0.15, -0.1) is 17.8 Å². The van der Waals surface area contributed by atoms with Crippen molar-refractivity contribution in [1.29, 1.82) is 0 Å². The zero-order valence-corrected chi connectivity index (χ0v) is 17.1. The fourth-order valence-corrected chi connectivity index (χ4v) is 4.89. The number of carbonyl (C=O) groups is 2. The number of terminal acetylenes is 1. The van der Waals surface area contributed by atoms with Gasteiger partial charge in [0.2, 0.25) is 0 Å². The van der Waals surface area contributed by atoms with Crippen molar-refractivity contribution in [1.82, 2.24) is 4.57 Å². The average Bonchev–Trinajstić information content (AvgIpc) is 3.14. The first-order chi connectivity index (χ1) is 12.9. The minimum atomic E-state index is -0.508. The smallest absolute Gasteiger partial charge is 0.338 e. The van der Waals surface area contributed by atoms with E-state index in [1.807, 2.05) is 0 Å². The van der Waals surface area contributed by atoms with E-state index in [-0.39, 0.29) is 23.1 Å². The number of benzene rings is 1. The summed E-state index contributed by atoms with van der Waals surface area (Å²) in [6, 6.07) is 6.59. The third-order valence-corrected chi connectivity index (χ3v) is 6.06. The maximum atomic E-state index is 12.5. The van der Waals surface area contributed by atoms with Crippen LogP contribution in [0.5, 0.6) is 0 Å². The quantitative estimate of drug-likeness (QED) is 0.440. The Kier molecular flexibility index (Phi) is 6.02. The van der Waals surface area contributed by atoms with Crippen molar-refractivity contribution >= 4 is 68.0 Å². The number of hydrogen-bond donors (Lipinski definition) is 0. The zero-order chi connectivity index (χ0) is 19.6. The van der Waals surface area contributed by atoms with Gasteiger partial charge in [-0.25, -0.2) is 4.79 Å². The van der Waals surface area contributed by atoms with Gasteiger partial charge in [0.25, 0.3) is 5.91 Å². The largest absolute Gasteiger partial charge is 0.462 e. The number of rotatable bonds is 4. The average molecular weight is 439 g/mol. The van der Waals surface area contributed by atoms with Gasteiger partial charge < -0.3 is 9.30 Å². The number of halogens is 2. The highest BCUT2D eigenvalue weighted by Gasteiger charge is 2.16. The summed E-state index contributed by atoms with van der Waals surface area (Å²) in [5, 5.41) is 0. The third kappa shape index (κ3) is 4.09. The lowest BCUT2D eigenvalue weighted by Crippen LogP contribution is -2.16. The van der Waals surface area contributed by atoms with Crippen LogP contribution in [0.1, 0.15) is 27.6 Å². The molecule has 1 amide bonds. The molecule has 0 aliphatic heterocycles. The van der Waals surface area contributed by atoms with Gasteiger partial charge in [0, 0.05) is 0 Å². The lowest BCUT2D eigenvalue weighted by molar-refractivity contribution is 0.0526. The Morgan fingerprint density at radius 2 is 2.07 bits per heavy atom. The van der Waals surface area contributed by atoms with Crippen molar-refractivity contribution in [3.05, 3.63) is 48.9 Å². The highest BCUT2D eigenvalue weighted by atomic mass is 35.5. The van der Waals surface area contributed by atoms with Gasteiger partial charge in [-0.05, 0) is 31.2 Å². The molecule has 0 aliphatic rings. The second kappa shape index (κ2) is 8.28. The Morgan fingerprint density at radius 3 is 2.70 bits per heavy atom. The summed E-state index contributed by atoms with van der Waals surface area (Å²) in [6.07, 6.45) is 5.46. The molecule has 3 aromatic rings. The van der Waals surface area contributed by atoms with E-state index in [2.05, 4.69) is 10.9 Å². The second-order valence-corrected chi connectivity index (χ2v) is 8.53. The standard InChI is InChI=1S/C18H12Cl2N2O3S2/c1-3-7-22-12-6-5-10(17(24)25-4-2)8-13(12)26-18(22)21-16(23)11-9-14(19)27-15(11)20/h1,5-6,8-9H,4,7H2,2H3. The number of thiazole rings is 1. The van der Waals surface area contributed by atoms with Crippen LogP contribution in [0.25, 0.3) is 10.2 Å². The first kappa shape index (κ1) is 19.6. The van der Waals surface area contributed by atoms with Crippen molar-refractivity contribution in [3.63, 3.8) is 0 Å². The molecule has 27 heavy (non-hydrogen) atoms. The number of fused-ring (bicyclic) bond motifs is 1. The number of hydrogen-bond acceptors (Lipinski definition) is 5. The summed E-state index contributed by atoms with van der Waals surface area (Å²) < 4.78 is 8.20. The molecule has 0 spiro atoms. The maximum absolute atomic E-state index is 12.5. The Labute approximate surface area is 172 Å². The number of aromatic nitrogens is 1. The van der Waals surface area contributed by atoms with Crippen LogP contribution in [-0.4, -0.2) is 23.1 Å². The molecular weight excluding hydrogens is 427 g/mol. The van der Waals surface area contributed by atoms with E-state index in [9.17, 15) is 9.59 Å². The van der Waals surface area contributed by atoms with E-state index in [0.29, 0.717) is 14.7 Å². The predicted molar refractivity (Wildman–Crippen MR) is 109 cm³/mol. The molecule has 2 aromatic heterocycles. The van der Waals surface area contributed by atoms with Gasteiger partial charge in [-0.2, -0.15) is 4.99 Å². The van der Waals surface area contributed by atoms with Gasteiger partial charge in [0.05, 0.1) is 38.8 Å². The van der Waals surface area contributed by atoms with Crippen LogP contribution in [0.3, 0.4) is 0 Å². The van der Waals surface area contributed by atoms with E-state index in [1.54, 1.807) is 29.7 Å². The van der Waals surface area contributed by atoms with E-state index >= 15 is 0 Å². The molecule has 0 aliphatic carbocycles. The molecule has 0 bridgehead atoms. The van der Waals surface area contributed by atoms with Gasteiger partial charge in [-0.1, -0.05) is 40.5 Å². The first-order valence-corrected chi connectivity index (χ1v) is 10.1. The fraction of sp³-hybridized carbons (Fsp3) is 0.167. The lowest BCUT2D eigenvalue weighted by Gasteiger charge is -2.03. The molecule has 0 saturated carbocycles. The number of nitrogens with zero attached hydrogens (tertiary/aromatic N) is 2. The highest BCUT2D eigenvalue weighted by molar-refractivity contribution is 7.20. The molecule has 5 nitrogen and oxygen atoms in total. The Hall–Kier alpha value is -2.11. The molecule has 138 valence electrons. The van der Waals surface area contributed by atoms with Crippen molar-refractivity contribution in [2.24, 2.45) is 4.99 Å². The molecule has 0 N–H and O–H groups in total. The van der Waals surface area contributed by atoms with Crippen LogP contribution in [-0.2, 0) is 11.3 Å². The molecule has 0 radical (unpaired) electrons. The van der Waals surface area contributed by atoms with Crippen LogP contribution >= 0.6 is 45.9 Å². The lowest BCUT2D eigenvalue weighted by atomic mass is 10.2. The summed E-state index contributed by atoms with van der Waals surface area (Å²) in [5.41, 5.74) is 1.43. The van der Waals surface area contributed by atoms with Gasteiger partial charge >= 0.3 is 5.97 Å². The van der Waals surface area contributed by atoms with E-state index < -0.39 is 11.9 Å². The summed E-state index contributed by atoms with van der Waals surface area (Å²) in [4.78, 5) is 29.0. The van der Waals surface area contributed by atoms with E-state index in [4.69, 9.17) is 34.4 Å². The van der Waals surface area contributed by atoms with Crippen molar-refractivity contribution in [2.75, 3.05) is 6.61 Å². The molecule has 2 heterocycles. The minimum absolute atomic E-state index is 0.225. The number of thiophene rings is 1. The second-order valence-electron chi connectivity index (χ2n) is 5.23. The van der Waals surface area contributed by atoms with Crippen LogP contribution in [0, 0.1) is 12.3 Å². The summed E-state index contributed by atoms with van der Waals surface area (Å²) >= 11 is 14.3. The number of ether oxygens (including phenoxy) is 1. The van der Waals surface area contributed by atoms with Crippen molar-refractivity contribution in [3.8, 4) is 12.3 Å². The Morgan fingerprint density at radius 1 is 1.30 bits per heavy atom. The SMILES string of the molecule is C#CCn1c(=NC(=O)c2cc(Cl)sc2Cl)sc2cc(C(=O)OCC)ccc21. The number of esters is 1. The van der Waals surface area contributed by atoms with Crippen LogP contribution in [0.4, 0.5) is 0 Å². The van der Waals surface area contributed by atoms with Crippen LogP contribution in [0.2, 0.25) is 8.67 Å². The molecule has 9 heteroatoms. The van der Waals surface area contributed by atoms with Crippen LogP contribution < -0.4 is 4.80 Å². The first-order valence-electron chi connectivity index (χ1n) is 7.72. The molecule has 1 aromatic carbocycles. The number of amides is 1. The molecule has 3 rings (SSSR count). The summed E-state index contributed by atoms with van der Waals surface area (Å²) in [5.74, 6) is 1.63. The zero-order valence-electron chi connectivity index (χ0n) is 14.0. The molecule has 0 fully saturated rings.